The van der Waals surface area contributed by atoms with Crippen LogP contribution in [0.4, 0.5) is 0 Å². The Bertz CT molecular complexity index is 391. The van der Waals surface area contributed by atoms with Crippen LogP contribution in [-0.4, -0.2) is 51.6 Å². The van der Waals surface area contributed by atoms with Crippen molar-refractivity contribution in [2.75, 3.05) is 25.1 Å². The maximum absolute atomic E-state index is 12.6. The lowest BCUT2D eigenvalue weighted by Crippen LogP contribution is -2.55. The minimum Gasteiger partial charge on any atom is -0.342 e. The second-order valence-corrected chi connectivity index (χ2v) is 7.07. The zero-order valence-corrected chi connectivity index (χ0v) is 12.3. The van der Waals surface area contributed by atoms with Crippen LogP contribution in [0.3, 0.4) is 0 Å². The van der Waals surface area contributed by atoms with Gasteiger partial charge in [-0.15, -0.1) is 0 Å². The molecule has 108 valence electrons. The van der Waals surface area contributed by atoms with E-state index in [1.165, 1.54) is 0 Å². The molecule has 0 radical (unpaired) electrons. The van der Waals surface area contributed by atoms with E-state index in [1.54, 1.807) is 11.2 Å². The summed E-state index contributed by atoms with van der Waals surface area (Å²) in [6.45, 7) is 1.10. The quantitative estimate of drug-likeness (QED) is 0.814. The van der Waals surface area contributed by atoms with Crippen LogP contribution < -0.4 is 5.32 Å². The van der Waals surface area contributed by atoms with Gasteiger partial charge in [-0.25, -0.2) is 0 Å². The second kappa shape index (κ2) is 6.03. The molecule has 1 heterocycles. The molecule has 1 N–H and O–H groups in total. The first kappa shape index (κ1) is 14.5. The van der Waals surface area contributed by atoms with Crippen LogP contribution in [-0.2, 0) is 20.4 Å². The average Bonchev–Trinajstić information content (AvgIpc) is 2.77. The fourth-order valence-corrected chi connectivity index (χ4v) is 3.55. The van der Waals surface area contributed by atoms with Crippen molar-refractivity contribution in [1.82, 2.24) is 10.2 Å². The van der Waals surface area contributed by atoms with Gasteiger partial charge in [0.1, 0.15) is 5.54 Å². The highest BCUT2D eigenvalue weighted by molar-refractivity contribution is 7.84. The van der Waals surface area contributed by atoms with Crippen molar-refractivity contribution in [1.29, 1.82) is 0 Å². The summed E-state index contributed by atoms with van der Waals surface area (Å²) in [7, 11) is -0.823. The smallest absolute Gasteiger partial charge is 0.248 e. The van der Waals surface area contributed by atoms with Crippen molar-refractivity contribution < 1.29 is 13.8 Å². The van der Waals surface area contributed by atoms with Crippen LogP contribution in [0.2, 0.25) is 0 Å². The SMILES string of the molecule is CS(=O)CCCN1CCC(=O)NC2(CCCC2)C1=O. The van der Waals surface area contributed by atoms with Crippen molar-refractivity contribution >= 4 is 22.6 Å². The van der Waals surface area contributed by atoms with Gasteiger partial charge in [0, 0.05) is 42.3 Å². The molecule has 2 aliphatic rings. The number of hydrogen-bond donors (Lipinski definition) is 1. The molecule has 2 amide bonds. The van der Waals surface area contributed by atoms with E-state index in [2.05, 4.69) is 5.32 Å². The number of amides is 2. The Balaban J connectivity index is 2.04. The molecular weight excluding hydrogens is 264 g/mol. The number of rotatable bonds is 4. The van der Waals surface area contributed by atoms with E-state index < -0.39 is 16.3 Å². The van der Waals surface area contributed by atoms with Gasteiger partial charge in [-0.2, -0.15) is 0 Å². The van der Waals surface area contributed by atoms with Gasteiger partial charge in [0.05, 0.1) is 0 Å². The van der Waals surface area contributed by atoms with E-state index in [0.717, 1.165) is 32.1 Å². The Labute approximate surface area is 116 Å². The van der Waals surface area contributed by atoms with E-state index in [9.17, 15) is 13.8 Å². The zero-order valence-electron chi connectivity index (χ0n) is 11.4. The molecule has 1 aliphatic carbocycles. The Morgan fingerprint density at radius 3 is 2.63 bits per heavy atom. The van der Waals surface area contributed by atoms with Crippen molar-refractivity contribution in [3.8, 4) is 0 Å². The molecule has 1 unspecified atom stereocenters. The van der Waals surface area contributed by atoms with Crippen molar-refractivity contribution in [3.05, 3.63) is 0 Å². The highest BCUT2D eigenvalue weighted by atomic mass is 32.2. The molecule has 1 saturated carbocycles. The monoisotopic (exact) mass is 286 g/mol. The summed E-state index contributed by atoms with van der Waals surface area (Å²) < 4.78 is 11.1. The molecule has 1 aliphatic heterocycles. The van der Waals surface area contributed by atoms with E-state index in [0.29, 0.717) is 25.3 Å². The standard InChI is InChI=1S/C13H22N2O3S/c1-19(18)10-4-8-15-9-5-11(16)14-13(12(15)17)6-2-3-7-13/h2-10H2,1H3,(H,14,16). The summed E-state index contributed by atoms with van der Waals surface area (Å²) in [4.78, 5) is 26.2. The maximum atomic E-state index is 12.6. The van der Waals surface area contributed by atoms with E-state index in [1.807, 2.05) is 0 Å². The summed E-state index contributed by atoms with van der Waals surface area (Å²) >= 11 is 0. The van der Waals surface area contributed by atoms with Crippen molar-refractivity contribution in [2.24, 2.45) is 0 Å². The van der Waals surface area contributed by atoms with Gasteiger partial charge in [-0.3, -0.25) is 13.8 Å². The molecule has 1 spiro atoms. The third-order valence-electron chi connectivity index (χ3n) is 4.00. The Morgan fingerprint density at radius 2 is 2.00 bits per heavy atom. The zero-order chi connectivity index (χ0) is 13.9. The number of carbonyl (C=O) groups excluding carboxylic acids is 2. The van der Waals surface area contributed by atoms with Gasteiger partial charge in [0.2, 0.25) is 11.8 Å². The van der Waals surface area contributed by atoms with Gasteiger partial charge in [-0.1, -0.05) is 12.8 Å². The van der Waals surface area contributed by atoms with E-state index in [-0.39, 0.29) is 11.8 Å². The summed E-state index contributed by atoms with van der Waals surface area (Å²) in [6, 6.07) is 0. The fraction of sp³-hybridized carbons (Fsp3) is 0.846. The fourth-order valence-electron chi connectivity index (χ4n) is 3.01. The Kier molecular flexibility index (Phi) is 4.60. The van der Waals surface area contributed by atoms with E-state index >= 15 is 0 Å². The van der Waals surface area contributed by atoms with Crippen LogP contribution in [0.15, 0.2) is 0 Å². The van der Waals surface area contributed by atoms with Crippen LogP contribution in [0, 0.1) is 0 Å². The lowest BCUT2D eigenvalue weighted by molar-refractivity contribution is -0.138. The molecule has 0 aromatic carbocycles. The molecule has 1 saturated heterocycles. The number of nitrogens with one attached hydrogen (secondary N) is 1. The highest BCUT2D eigenvalue weighted by Gasteiger charge is 2.46. The van der Waals surface area contributed by atoms with Gasteiger partial charge in [0.25, 0.3) is 0 Å². The van der Waals surface area contributed by atoms with Gasteiger partial charge >= 0.3 is 0 Å². The molecule has 5 nitrogen and oxygen atoms in total. The molecule has 6 heteroatoms. The predicted molar refractivity (Wildman–Crippen MR) is 74.1 cm³/mol. The van der Waals surface area contributed by atoms with Crippen molar-refractivity contribution in [3.63, 3.8) is 0 Å². The number of carbonyl (C=O) groups is 2. The largest absolute Gasteiger partial charge is 0.342 e. The molecule has 0 bridgehead atoms. The van der Waals surface area contributed by atoms with Crippen LogP contribution in [0.25, 0.3) is 0 Å². The normalized spacial score (nSPS) is 24.4. The summed E-state index contributed by atoms with van der Waals surface area (Å²) in [5.41, 5.74) is -0.640. The third kappa shape index (κ3) is 3.35. The Morgan fingerprint density at radius 1 is 1.32 bits per heavy atom. The minimum atomic E-state index is -0.823. The van der Waals surface area contributed by atoms with Crippen molar-refractivity contribution in [2.45, 2.75) is 44.1 Å². The van der Waals surface area contributed by atoms with Gasteiger partial charge in [0.15, 0.2) is 0 Å². The van der Waals surface area contributed by atoms with Crippen LogP contribution in [0.1, 0.15) is 38.5 Å². The van der Waals surface area contributed by atoms with Gasteiger partial charge < -0.3 is 10.2 Å². The Hall–Kier alpha value is -0.910. The van der Waals surface area contributed by atoms with E-state index in [4.69, 9.17) is 0 Å². The lowest BCUT2D eigenvalue weighted by atomic mass is 9.96. The average molecular weight is 286 g/mol. The second-order valence-electron chi connectivity index (χ2n) is 5.51. The third-order valence-corrected chi connectivity index (χ3v) is 4.86. The predicted octanol–water partition coefficient (Wildman–Crippen LogP) is 0.416. The highest BCUT2D eigenvalue weighted by Crippen LogP contribution is 2.32. The van der Waals surface area contributed by atoms with Crippen LogP contribution in [0.5, 0.6) is 0 Å². The summed E-state index contributed by atoms with van der Waals surface area (Å²) in [6.07, 6.45) is 6.30. The first-order valence-corrected chi connectivity index (χ1v) is 8.67. The first-order valence-electron chi connectivity index (χ1n) is 6.94. The molecule has 19 heavy (non-hydrogen) atoms. The summed E-state index contributed by atoms with van der Waals surface area (Å²) in [5, 5.41) is 2.94. The van der Waals surface area contributed by atoms with Crippen LogP contribution >= 0.6 is 0 Å². The topological polar surface area (TPSA) is 66.5 Å². The molecule has 0 aromatic heterocycles. The molecule has 2 rings (SSSR count). The molecular formula is C13H22N2O3S. The molecule has 0 aromatic rings. The maximum Gasteiger partial charge on any atom is 0.248 e. The number of hydrogen-bond acceptors (Lipinski definition) is 3. The van der Waals surface area contributed by atoms with Gasteiger partial charge in [-0.05, 0) is 19.3 Å². The number of nitrogens with zero attached hydrogens (tertiary/aromatic N) is 1. The summed E-state index contributed by atoms with van der Waals surface area (Å²) in [5.74, 6) is 0.660. The minimum absolute atomic E-state index is 0.0168. The first-order chi connectivity index (χ1) is 9.03. The molecule has 1 atom stereocenters. The lowest BCUT2D eigenvalue weighted by Gasteiger charge is -2.31. The molecule has 2 fully saturated rings.